The van der Waals surface area contributed by atoms with Gasteiger partial charge >= 0.3 is 5.97 Å². The molecular formula is C14H19NO3. The molecule has 0 saturated heterocycles. The number of aliphatic carboxylic acids is 1. The highest BCUT2D eigenvalue weighted by atomic mass is 16.4. The molecule has 4 heteroatoms. The van der Waals surface area contributed by atoms with Crippen molar-refractivity contribution in [1.82, 2.24) is 0 Å². The van der Waals surface area contributed by atoms with Crippen LogP contribution in [0, 0.1) is 5.41 Å². The summed E-state index contributed by atoms with van der Waals surface area (Å²) in [4.78, 5) is 11.7. The van der Waals surface area contributed by atoms with Gasteiger partial charge in [-0.25, -0.2) is 0 Å². The smallest absolute Gasteiger partial charge is 0.310 e. The second kappa shape index (κ2) is 4.98. The summed E-state index contributed by atoms with van der Waals surface area (Å²) >= 11 is 0. The zero-order valence-electron chi connectivity index (χ0n) is 10.3. The van der Waals surface area contributed by atoms with Gasteiger partial charge in [0.25, 0.3) is 0 Å². The summed E-state index contributed by atoms with van der Waals surface area (Å²) in [6.45, 7) is 0.240. The molecule has 1 aliphatic rings. The number of para-hydroxylation sites is 1. The maximum Gasteiger partial charge on any atom is 0.310 e. The van der Waals surface area contributed by atoms with E-state index in [1.807, 2.05) is 6.07 Å². The molecule has 1 aromatic rings. The summed E-state index contributed by atoms with van der Waals surface area (Å²) in [5, 5.41) is 19.5. The van der Waals surface area contributed by atoms with E-state index in [9.17, 15) is 15.0 Å². The van der Waals surface area contributed by atoms with Crippen molar-refractivity contribution in [3.05, 3.63) is 29.8 Å². The van der Waals surface area contributed by atoms with Crippen LogP contribution in [0.2, 0.25) is 0 Å². The van der Waals surface area contributed by atoms with Crippen molar-refractivity contribution < 1.29 is 15.0 Å². The van der Waals surface area contributed by atoms with E-state index in [0.717, 1.165) is 12.8 Å². The van der Waals surface area contributed by atoms with Crippen LogP contribution in [0.15, 0.2) is 24.3 Å². The van der Waals surface area contributed by atoms with Crippen LogP contribution >= 0.6 is 0 Å². The highest BCUT2D eigenvalue weighted by Gasteiger charge is 2.48. The SMILES string of the molecule is NC[C@@H](c1ccccc1O)C1(C(=O)O)CCCC1. The molecule has 0 bridgehead atoms. The third-order valence-electron chi connectivity index (χ3n) is 4.14. The summed E-state index contributed by atoms with van der Waals surface area (Å²) in [5.41, 5.74) is 5.65. The van der Waals surface area contributed by atoms with Gasteiger partial charge in [-0.2, -0.15) is 0 Å². The fourth-order valence-corrected chi connectivity index (χ4v) is 3.15. The number of hydrogen-bond acceptors (Lipinski definition) is 3. The summed E-state index contributed by atoms with van der Waals surface area (Å²) in [6, 6.07) is 6.90. The molecule has 0 radical (unpaired) electrons. The van der Waals surface area contributed by atoms with Gasteiger partial charge < -0.3 is 15.9 Å². The first-order chi connectivity index (χ1) is 8.62. The highest BCUT2D eigenvalue weighted by molar-refractivity contribution is 5.77. The van der Waals surface area contributed by atoms with Gasteiger partial charge in [-0.15, -0.1) is 0 Å². The number of carboxylic acid groups (broad SMARTS) is 1. The Balaban J connectivity index is 2.44. The average molecular weight is 249 g/mol. The van der Waals surface area contributed by atoms with E-state index < -0.39 is 11.4 Å². The maximum atomic E-state index is 11.7. The molecular weight excluding hydrogens is 230 g/mol. The lowest BCUT2D eigenvalue weighted by Gasteiger charge is -2.33. The first kappa shape index (κ1) is 12.9. The van der Waals surface area contributed by atoms with Crippen molar-refractivity contribution in [1.29, 1.82) is 0 Å². The van der Waals surface area contributed by atoms with Crippen LogP contribution in [-0.4, -0.2) is 22.7 Å². The molecule has 1 aliphatic carbocycles. The molecule has 0 heterocycles. The molecule has 0 amide bonds. The molecule has 0 aliphatic heterocycles. The Morgan fingerprint density at radius 2 is 1.94 bits per heavy atom. The predicted molar refractivity (Wildman–Crippen MR) is 68.4 cm³/mol. The van der Waals surface area contributed by atoms with Crippen LogP contribution in [0.3, 0.4) is 0 Å². The number of phenolic OH excluding ortho intramolecular Hbond substituents is 1. The fourth-order valence-electron chi connectivity index (χ4n) is 3.15. The van der Waals surface area contributed by atoms with Gasteiger partial charge in [0, 0.05) is 12.5 Å². The Morgan fingerprint density at radius 3 is 2.44 bits per heavy atom. The van der Waals surface area contributed by atoms with Gasteiger partial charge in [0.15, 0.2) is 0 Å². The lowest BCUT2D eigenvalue weighted by atomic mass is 9.70. The van der Waals surface area contributed by atoms with Crippen molar-refractivity contribution in [2.45, 2.75) is 31.6 Å². The fraction of sp³-hybridized carbons (Fsp3) is 0.500. The van der Waals surface area contributed by atoms with Crippen molar-refractivity contribution in [2.24, 2.45) is 11.1 Å². The van der Waals surface area contributed by atoms with Gasteiger partial charge in [-0.1, -0.05) is 31.0 Å². The zero-order chi connectivity index (χ0) is 13.2. The standard InChI is InChI=1S/C14H19NO3/c15-9-11(10-5-1-2-6-12(10)16)14(13(17)18)7-3-4-8-14/h1-2,5-6,11,16H,3-4,7-9,15H2,(H,17,18)/t11-/m0/s1. The molecule has 4 N–H and O–H groups in total. The van der Waals surface area contributed by atoms with Crippen LogP contribution in [0.25, 0.3) is 0 Å². The minimum atomic E-state index is -0.812. The molecule has 0 unspecified atom stereocenters. The van der Waals surface area contributed by atoms with E-state index in [4.69, 9.17) is 5.73 Å². The van der Waals surface area contributed by atoms with Gasteiger partial charge in [0.1, 0.15) is 5.75 Å². The van der Waals surface area contributed by atoms with Crippen LogP contribution in [0.5, 0.6) is 5.75 Å². The second-order valence-corrected chi connectivity index (χ2v) is 5.02. The van der Waals surface area contributed by atoms with Crippen LogP contribution in [0.1, 0.15) is 37.2 Å². The van der Waals surface area contributed by atoms with Gasteiger partial charge in [-0.3, -0.25) is 4.79 Å². The summed E-state index contributed by atoms with van der Waals surface area (Å²) in [7, 11) is 0. The molecule has 4 nitrogen and oxygen atoms in total. The van der Waals surface area contributed by atoms with Crippen molar-refractivity contribution in [2.75, 3.05) is 6.54 Å². The lowest BCUT2D eigenvalue weighted by Crippen LogP contribution is -2.38. The maximum absolute atomic E-state index is 11.7. The molecule has 0 aromatic heterocycles. The van der Waals surface area contributed by atoms with Crippen LogP contribution in [0.4, 0.5) is 0 Å². The number of phenols is 1. The van der Waals surface area contributed by atoms with E-state index in [0.29, 0.717) is 18.4 Å². The molecule has 1 aromatic carbocycles. The Bertz CT molecular complexity index is 438. The van der Waals surface area contributed by atoms with Crippen molar-refractivity contribution in [3.63, 3.8) is 0 Å². The van der Waals surface area contributed by atoms with Gasteiger partial charge in [0.2, 0.25) is 0 Å². The summed E-state index contributed by atoms with van der Waals surface area (Å²) < 4.78 is 0. The number of hydrogen-bond donors (Lipinski definition) is 3. The van der Waals surface area contributed by atoms with E-state index in [1.54, 1.807) is 18.2 Å². The van der Waals surface area contributed by atoms with Gasteiger partial charge in [0.05, 0.1) is 5.41 Å². The Kier molecular flexibility index (Phi) is 3.57. The number of benzene rings is 1. The number of carboxylic acids is 1. The van der Waals surface area contributed by atoms with E-state index in [2.05, 4.69) is 0 Å². The van der Waals surface area contributed by atoms with E-state index in [1.165, 1.54) is 0 Å². The van der Waals surface area contributed by atoms with Crippen molar-refractivity contribution >= 4 is 5.97 Å². The first-order valence-electron chi connectivity index (χ1n) is 6.33. The van der Waals surface area contributed by atoms with Crippen LogP contribution < -0.4 is 5.73 Å². The van der Waals surface area contributed by atoms with E-state index in [-0.39, 0.29) is 18.2 Å². The molecule has 1 atom stereocenters. The zero-order valence-corrected chi connectivity index (χ0v) is 10.3. The third kappa shape index (κ3) is 1.97. The van der Waals surface area contributed by atoms with E-state index >= 15 is 0 Å². The molecule has 0 spiro atoms. The topological polar surface area (TPSA) is 83.5 Å². The summed E-state index contributed by atoms with van der Waals surface area (Å²) in [6.07, 6.45) is 3.10. The Morgan fingerprint density at radius 1 is 1.33 bits per heavy atom. The number of aromatic hydroxyl groups is 1. The molecule has 1 saturated carbocycles. The Labute approximate surface area is 106 Å². The average Bonchev–Trinajstić information content (AvgIpc) is 2.83. The second-order valence-electron chi connectivity index (χ2n) is 5.02. The summed E-state index contributed by atoms with van der Waals surface area (Å²) in [5.74, 6) is -0.974. The monoisotopic (exact) mass is 249 g/mol. The predicted octanol–water partition coefficient (Wildman–Crippen LogP) is 2.08. The third-order valence-corrected chi connectivity index (χ3v) is 4.14. The minimum absolute atomic E-state index is 0.139. The normalized spacial score (nSPS) is 19.6. The number of nitrogens with two attached hydrogens (primary N) is 1. The number of rotatable bonds is 4. The molecule has 2 rings (SSSR count). The number of carbonyl (C=O) groups is 1. The first-order valence-corrected chi connectivity index (χ1v) is 6.33. The highest BCUT2D eigenvalue weighted by Crippen LogP contribution is 2.50. The minimum Gasteiger partial charge on any atom is -0.508 e. The van der Waals surface area contributed by atoms with Crippen LogP contribution in [-0.2, 0) is 4.79 Å². The molecule has 1 fully saturated rings. The molecule has 98 valence electrons. The Hall–Kier alpha value is -1.55. The quantitative estimate of drug-likeness (QED) is 0.762. The lowest BCUT2D eigenvalue weighted by molar-refractivity contribution is -0.150. The molecule has 18 heavy (non-hydrogen) atoms. The van der Waals surface area contributed by atoms with Gasteiger partial charge in [-0.05, 0) is 24.5 Å². The largest absolute Gasteiger partial charge is 0.508 e. The van der Waals surface area contributed by atoms with Crippen molar-refractivity contribution in [3.8, 4) is 5.75 Å².